The van der Waals surface area contributed by atoms with E-state index in [2.05, 4.69) is 39.3 Å². The summed E-state index contributed by atoms with van der Waals surface area (Å²) in [7, 11) is -2.83. The zero-order chi connectivity index (χ0) is 19.7. The molecule has 2 aliphatic heterocycles. The van der Waals surface area contributed by atoms with E-state index in [1.165, 1.54) is 16.9 Å². The highest BCUT2D eigenvalue weighted by molar-refractivity contribution is 7.91. The van der Waals surface area contributed by atoms with Crippen molar-refractivity contribution in [1.82, 2.24) is 19.6 Å². The first kappa shape index (κ1) is 20.0. The maximum Gasteiger partial charge on any atom is 0.209 e. The lowest BCUT2D eigenvalue weighted by molar-refractivity contribution is 0.0812. The predicted octanol–water partition coefficient (Wildman–Crippen LogP) is 2.49. The quantitative estimate of drug-likeness (QED) is 0.718. The zero-order valence-corrected chi connectivity index (χ0v) is 18.3. The van der Waals surface area contributed by atoms with E-state index in [9.17, 15) is 8.42 Å². The van der Waals surface area contributed by atoms with E-state index < -0.39 is 9.84 Å². The fourth-order valence-corrected chi connectivity index (χ4v) is 6.50. The molecule has 2 aliphatic rings. The van der Waals surface area contributed by atoms with Gasteiger partial charge >= 0.3 is 0 Å². The first-order valence-corrected chi connectivity index (χ1v) is 12.5. The van der Waals surface area contributed by atoms with Crippen molar-refractivity contribution in [2.75, 3.05) is 43.0 Å². The molecule has 152 valence electrons. The van der Waals surface area contributed by atoms with E-state index >= 15 is 0 Å². The number of nitrogens with zero attached hydrogens (tertiary/aromatic N) is 4. The largest absolute Gasteiger partial charge is 0.330 e. The standard InChI is InChI=1S/C18H25N5O2S3/c1-14-2-4-15(5-3-14)19-17-20-23(18(26)27-17)13-21-7-9-22(10-8-21)16-6-11-28(24,25)12-16/h2-5,16H,6-13H2,1H3,(H,19,20). The van der Waals surface area contributed by atoms with E-state index in [1.54, 1.807) is 0 Å². The highest BCUT2D eigenvalue weighted by atomic mass is 32.2. The van der Waals surface area contributed by atoms with Gasteiger partial charge < -0.3 is 5.32 Å². The number of piperazine rings is 1. The smallest absolute Gasteiger partial charge is 0.209 e. The van der Waals surface area contributed by atoms with Crippen molar-refractivity contribution >= 4 is 44.2 Å². The molecule has 0 saturated carbocycles. The van der Waals surface area contributed by atoms with Gasteiger partial charge in [-0.2, -0.15) is 0 Å². The van der Waals surface area contributed by atoms with Gasteiger partial charge in [-0.15, -0.1) is 5.10 Å². The Balaban J connectivity index is 1.32. The van der Waals surface area contributed by atoms with Crippen LogP contribution >= 0.6 is 23.6 Å². The number of nitrogens with one attached hydrogen (secondary N) is 1. The van der Waals surface area contributed by atoms with Crippen LogP contribution in [-0.4, -0.2) is 71.7 Å². The molecule has 10 heteroatoms. The van der Waals surface area contributed by atoms with Gasteiger partial charge in [0.15, 0.2) is 13.8 Å². The number of sulfone groups is 1. The van der Waals surface area contributed by atoms with Gasteiger partial charge in [0, 0.05) is 37.9 Å². The summed E-state index contributed by atoms with van der Waals surface area (Å²) in [6, 6.07) is 8.39. The third kappa shape index (κ3) is 4.80. The topological polar surface area (TPSA) is 70.5 Å². The Morgan fingerprint density at radius 1 is 1.21 bits per heavy atom. The first-order valence-electron chi connectivity index (χ1n) is 9.46. The van der Waals surface area contributed by atoms with Crippen LogP contribution in [-0.2, 0) is 16.5 Å². The molecule has 1 atom stereocenters. The summed E-state index contributed by atoms with van der Waals surface area (Å²) in [5.41, 5.74) is 2.22. The second-order valence-electron chi connectivity index (χ2n) is 7.52. The van der Waals surface area contributed by atoms with Crippen molar-refractivity contribution in [1.29, 1.82) is 0 Å². The molecule has 1 N–H and O–H groups in total. The van der Waals surface area contributed by atoms with Crippen LogP contribution < -0.4 is 5.32 Å². The lowest BCUT2D eigenvalue weighted by Gasteiger charge is -2.37. The Bertz CT molecular complexity index is 975. The number of aryl methyl sites for hydroxylation is 1. The highest BCUT2D eigenvalue weighted by Gasteiger charge is 2.33. The SMILES string of the molecule is Cc1ccc(Nc2nn(CN3CCN(C4CCS(=O)(=O)C4)CC3)c(=S)s2)cc1. The van der Waals surface area contributed by atoms with E-state index in [1.807, 2.05) is 16.8 Å². The molecule has 0 radical (unpaired) electrons. The molecule has 28 heavy (non-hydrogen) atoms. The van der Waals surface area contributed by atoms with Gasteiger partial charge in [-0.1, -0.05) is 29.0 Å². The molecule has 3 heterocycles. The molecule has 1 aromatic carbocycles. The summed E-state index contributed by atoms with van der Waals surface area (Å²) in [5.74, 6) is 0.654. The molecule has 2 fully saturated rings. The molecule has 0 bridgehead atoms. The summed E-state index contributed by atoms with van der Waals surface area (Å²) in [6.07, 6.45) is 0.771. The lowest BCUT2D eigenvalue weighted by atomic mass is 10.2. The van der Waals surface area contributed by atoms with Crippen LogP contribution in [0.15, 0.2) is 24.3 Å². The second kappa shape index (κ2) is 8.19. The van der Waals surface area contributed by atoms with Crippen LogP contribution in [0.1, 0.15) is 12.0 Å². The zero-order valence-electron chi connectivity index (χ0n) is 15.9. The van der Waals surface area contributed by atoms with Crippen LogP contribution in [0.25, 0.3) is 0 Å². The third-order valence-corrected chi connectivity index (χ3v) is 8.35. The summed E-state index contributed by atoms with van der Waals surface area (Å²) >= 11 is 6.96. The van der Waals surface area contributed by atoms with Gasteiger partial charge in [0.05, 0.1) is 18.2 Å². The van der Waals surface area contributed by atoms with Crippen molar-refractivity contribution in [3.05, 3.63) is 33.8 Å². The average molecular weight is 440 g/mol. The normalized spacial score (nSPS) is 23.1. The van der Waals surface area contributed by atoms with Gasteiger partial charge in [0.2, 0.25) is 5.13 Å². The molecular weight excluding hydrogens is 414 g/mol. The number of hydrogen-bond acceptors (Lipinski definition) is 8. The van der Waals surface area contributed by atoms with Crippen molar-refractivity contribution in [2.45, 2.75) is 26.1 Å². The van der Waals surface area contributed by atoms with E-state index in [0.717, 1.165) is 47.4 Å². The fourth-order valence-electron chi connectivity index (χ4n) is 3.73. The molecular formula is C18H25N5O2S3. The Morgan fingerprint density at radius 3 is 2.57 bits per heavy atom. The van der Waals surface area contributed by atoms with Crippen molar-refractivity contribution in [2.24, 2.45) is 0 Å². The van der Waals surface area contributed by atoms with Crippen LogP contribution in [0.5, 0.6) is 0 Å². The Kier molecular flexibility index (Phi) is 5.84. The van der Waals surface area contributed by atoms with Crippen LogP contribution in [0.4, 0.5) is 10.8 Å². The van der Waals surface area contributed by atoms with Crippen LogP contribution in [0.2, 0.25) is 0 Å². The molecule has 0 amide bonds. The van der Waals surface area contributed by atoms with E-state index in [4.69, 9.17) is 12.2 Å². The lowest BCUT2D eigenvalue weighted by Crippen LogP contribution is -2.50. The monoisotopic (exact) mass is 439 g/mol. The molecule has 2 aromatic rings. The number of anilines is 2. The second-order valence-corrected chi connectivity index (χ2v) is 11.4. The minimum atomic E-state index is -2.83. The molecule has 1 aromatic heterocycles. The summed E-state index contributed by atoms with van der Waals surface area (Å²) < 4.78 is 26.0. The summed E-state index contributed by atoms with van der Waals surface area (Å²) in [4.78, 5) is 4.65. The highest BCUT2D eigenvalue weighted by Crippen LogP contribution is 2.22. The predicted molar refractivity (Wildman–Crippen MR) is 116 cm³/mol. The van der Waals surface area contributed by atoms with E-state index in [0.29, 0.717) is 18.2 Å². The van der Waals surface area contributed by atoms with Crippen molar-refractivity contribution in [3.63, 3.8) is 0 Å². The van der Waals surface area contributed by atoms with Gasteiger partial charge in [-0.25, -0.2) is 13.1 Å². The average Bonchev–Trinajstić information content (AvgIpc) is 3.19. The number of rotatable bonds is 5. The number of benzene rings is 1. The number of aromatic nitrogens is 2. The molecule has 7 nitrogen and oxygen atoms in total. The minimum absolute atomic E-state index is 0.193. The number of hydrogen-bond donors (Lipinski definition) is 1. The molecule has 0 spiro atoms. The maximum atomic E-state index is 11.7. The van der Waals surface area contributed by atoms with Gasteiger partial charge in [-0.05, 0) is 37.7 Å². The Hall–Kier alpha value is -1.33. The van der Waals surface area contributed by atoms with Crippen LogP contribution in [0.3, 0.4) is 0 Å². The summed E-state index contributed by atoms with van der Waals surface area (Å²) in [5, 5.41) is 8.74. The molecule has 0 aliphatic carbocycles. The van der Waals surface area contributed by atoms with Crippen molar-refractivity contribution < 1.29 is 8.42 Å². The molecule has 2 saturated heterocycles. The van der Waals surface area contributed by atoms with Gasteiger partial charge in [0.1, 0.15) is 0 Å². The summed E-state index contributed by atoms with van der Waals surface area (Å²) in [6.45, 7) is 6.32. The fraction of sp³-hybridized carbons (Fsp3) is 0.556. The van der Waals surface area contributed by atoms with Gasteiger partial charge in [0.25, 0.3) is 0 Å². The third-order valence-electron chi connectivity index (χ3n) is 5.37. The first-order chi connectivity index (χ1) is 13.4. The molecule has 4 rings (SSSR count). The minimum Gasteiger partial charge on any atom is -0.330 e. The maximum absolute atomic E-state index is 11.7. The Labute approximate surface area is 174 Å². The molecule has 1 unspecified atom stereocenters. The Morgan fingerprint density at radius 2 is 1.93 bits per heavy atom. The van der Waals surface area contributed by atoms with Crippen molar-refractivity contribution in [3.8, 4) is 0 Å². The van der Waals surface area contributed by atoms with Gasteiger partial charge in [-0.3, -0.25) is 9.80 Å². The van der Waals surface area contributed by atoms with Crippen LogP contribution in [0, 0.1) is 10.9 Å². The van der Waals surface area contributed by atoms with E-state index in [-0.39, 0.29) is 6.04 Å².